The number of ether oxygens (including phenoxy) is 4. The van der Waals surface area contributed by atoms with Gasteiger partial charge >= 0.3 is 0 Å². The molecule has 280 valence electrons. The first-order valence-corrected chi connectivity index (χ1v) is 18.3. The zero-order chi connectivity index (χ0) is 36.7. The quantitative estimate of drug-likeness (QED) is 0.124. The molecule has 2 aliphatic heterocycles. The van der Waals surface area contributed by atoms with Gasteiger partial charge in [-0.3, -0.25) is 4.79 Å². The summed E-state index contributed by atoms with van der Waals surface area (Å²) < 4.78 is 52.5. The summed E-state index contributed by atoms with van der Waals surface area (Å²) >= 11 is 0. The number of rotatable bonds is 16. The summed E-state index contributed by atoms with van der Waals surface area (Å²) in [5.74, 6) is 0.894. The van der Waals surface area contributed by atoms with Crippen molar-refractivity contribution in [3.8, 4) is 17.2 Å². The van der Waals surface area contributed by atoms with Crippen LogP contribution in [0.1, 0.15) is 43.7 Å². The number of methoxy groups -OCH3 is 3. The monoisotopic (exact) mass is 719 g/mol. The molecule has 10 nitrogen and oxygen atoms in total. The van der Waals surface area contributed by atoms with Crippen LogP contribution in [-0.4, -0.2) is 99.1 Å². The molecule has 6 rings (SSSR count). The molecule has 3 heterocycles. The molecule has 1 atom stereocenters. The number of aromatic nitrogens is 2. The molecule has 1 unspecified atom stereocenters. The van der Waals surface area contributed by atoms with Crippen LogP contribution >= 0.6 is 0 Å². The average molecular weight is 720 g/mol. The van der Waals surface area contributed by atoms with Crippen molar-refractivity contribution in [2.24, 2.45) is 5.41 Å². The third-order valence-corrected chi connectivity index (χ3v) is 10.7. The van der Waals surface area contributed by atoms with Crippen LogP contribution in [0.25, 0.3) is 11.0 Å². The Labute approximate surface area is 305 Å². The average Bonchev–Trinajstić information content (AvgIpc) is 3.56. The molecule has 0 saturated carbocycles. The van der Waals surface area contributed by atoms with Gasteiger partial charge in [0, 0.05) is 45.9 Å². The van der Waals surface area contributed by atoms with E-state index in [2.05, 4.69) is 26.5 Å². The van der Waals surface area contributed by atoms with E-state index >= 15 is 0 Å². The van der Waals surface area contributed by atoms with Gasteiger partial charge in [-0.05, 0) is 99.6 Å². The highest BCUT2D eigenvalue weighted by Gasteiger charge is 2.46. The Hall–Kier alpha value is -4.42. The van der Waals surface area contributed by atoms with Gasteiger partial charge in [0.25, 0.3) is 0 Å². The lowest BCUT2D eigenvalue weighted by Gasteiger charge is -2.31. The van der Waals surface area contributed by atoms with Crippen molar-refractivity contribution < 1.29 is 32.5 Å². The number of hydrogen-bond acceptors (Lipinski definition) is 8. The predicted octanol–water partition coefficient (Wildman–Crippen LogP) is 6.33. The molecule has 0 aliphatic carbocycles. The van der Waals surface area contributed by atoms with Gasteiger partial charge in [0.05, 0.1) is 44.4 Å². The Morgan fingerprint density at radius 2 is 1.62 bits per heavy atom. The van der Waals surface area contributed by atoms with Gasteiger partial charge in [-0.1, -0.05) is 18.2 Å². The van der Waals surface area contributed by atoms with Gasteiger partial charge in [0.1, 0.15) is 0 Å². The van der Waals surface area contributed by atoms with Gasteiger partial charge in [0.2, 0.25) is 17.6 Å². The molecule has 2 saturated heterocycles. The van der Waals surface area contributed by atoms with E-state index in [0.717, 1.165) is 68.2 Å². The molecule has 0 N–H and O–H groups in total. The fourth-order valence-corrected chi connectivity index (χ4v) is 7.75. The molecule has 0 bridgehead atoms. The van der Waals surface area contributed by atoms with E-state index < -0.39 is 17.0 Å². The van der Waals surface area contributed by atoms with Crippen LogP contribution in [0.5, 0.6) is 17.2 Å². The number of fused-ring (bicyclic) bond motifs is 1. The highest BCUT2D eigenvalue weighted by Crippen LogP contribution is 2.43. The van der Waals surface area contributed by atoms with Crippen LogP contribution in [-0.2, 0) is 29.0 Å². The Bertz CT molecular complexity index is 1810. The molecule has 3 aromatic carbocycles. The minimum atomic E-state index is -0.869. The maximum Gasteiger partial charge on any atom is 0.229 e. The molecule has 1 aromatic heterocycles. The number of aryl methyl sites for hydroxylation is 1. The third kappa shape index (κ3) is 8.13. The summed E-state index contributed by atoms with van der Waals surface area (Å²) in [4.78, 5) is 26.3. The van der Waals surface area contributed by atoms with E-state index in [4.69, 9.17) is 23.9 Å². The second-order valence-corrected chi connectivity index (χ2v) is 13.7. The second kappa shape index (κ2) is 16.9. The summed E-state index contributed by atoms with van der Waals surface area (Å²) in [6, 6.07) is 16.0. The number of para-hydroxylation sites is 2. The van der Waals surface area contributed by atoms with Crippen molar-refractivity contribution in [3.63, 3.8) is 0 Å². The Balaban J connectivity index is 1.17. The minimum Gasteiger partial charge on any atom is -0.493 e. The SMILES string of the molecule is CCOCCn1c(N2CCCN(CCC3(CCc4ccc(F)c(F)c4)CCN(Cc4cc(OC)c(OC)c(OC)c4)C3=O)CC2)nc2ccccc21. The van der Waals surface area contributed by atoms with Crippen LogP contribution in [0.2, 0.25) is 0 Å². The molecule has 1 amide bonds. The standard InChI is InChI=1S/C40H51F2N5O5/c1-5-52-24-23-47-34-10-7-6-9-33(34)43-39(47)45-18-8-17-44(21-22-45)19-15-40(14-13-29-11-12-31(41)32(42)25-29)16-20-46(38(40)48)28-30-26-35(49-2)37(51-4)36(27-30)50-3/h6-7,9-12,25-27H,5,8,13-24,28H2,1-4H3. The zero-order valence-electron chi connectivity index (χ0n) is 30.8. The van der Waals surface area contributed by atoms with E-state index in [-0.39, 0.29) is 5.91 Å². The van der Waals surface area contributed by atoms with E-state index in [0.29, 0.717) is 74.8 Å². The van der Waals surface area contributed by atoms with E-state index in [9.17, 15) is 13.6 Å². The Kier molecular flexibility index (Phi) is 12.2. The van der Waals surface area contributed by atoms with Crippen molar-refractivity contribution in [1.82, 2.24) is 19.4 Å². The number of benzene rings is 3. The normalized spacial score (nSPS) is 18.3. The van der Waals surface area contributed by atoms with Crippen LogP contribution in [0.15, 0.2) is 54.6 Å². The second-order valence-electron chi connectivity index (χ2n) is 13.7. The van der Waals surface area contributed by atoms with Gasteiger partial charge in [-0.15, -0.1) is 0 Å². The number of anilines is 1. The van der Waals surface area contributed by atoms with Crippen molar-refractivity contribution in [2.45, 2.75) is 52.1 Å². The first-order chi connectivity index (χ1) is 25.3. The smallest absolute Gasteiger partial charge is 0.229 e. The van der Waals surface area contributed by atoms with E-state index in [1.807, 2.05) is 36.1 Å². The molecular formula is C40H51F2N5O5. The molecule has 0 spiro atoms. The van der Waals surface area contributed by atoms with Gasteiger partial charge in [0.15, 0.2) is 23.1 Å². The van der Waals surface area contributed by atoms with Gasteiger partial charge in [-0.2, -0.15) is 0 Å². The zero-order valence-corrected chi connectivity index (χ0v) is 30.8. The van der Waals surface area contributed by atoms with Crippen LogP contribution < -0.4 is 19.1 Å². The largest absolute Gasteiger partial charge is 0.493 e. The number of halogens is 2. The first kappa shape index (κ1) is 37.3. The number of carbonyl (C=O) groups is 1. The lowest BCUT2D eigenvalue weighted by atomic mass is 9.77. The van der Waals surface area contributed by atoms with Crippen molar-refractivity contribution in [3.05, 3.63) is 77.4 Å². The van der Waals surface area contributed by atoms with E-state index in [1.165, 1.54) is 12.1 Å². The topological polar surface area (TPSA) is 81.5 Å². The summed E-state index contributed by atoms with van der Waals surface area (Å²) in [5.41, 5.74) is 3.02. The predicted molar refractivity (Wildman–Crippen MR) is 197 cm³/mol. The summed E-state index contributed by atoms with van der Waals surface area (Å²) in [6.07, 6.45) is 3.36. The van der Waals surface area contributed by atoms with Crippen molar-refractivity contribution >= 4 is 22.9 Å². The number of hydrogen-bond donors (Lipinski definition) is 0. The number of likely N-dealkylation sites (tertiary alicyclic amines) is 1. The molecule has 4 aromatic rings. The lowest BCUT2D eigenvalue weighted by molar-refractivity contribution is -0.137. The number of imidazole rings is 1. The van der Waals surface area contributed by atoms with Gasteiger partial charge in [-0.25, -0.2) is 13.8 Å². The summed E-state index contributed by atoms with van der Waals surface area (Å²) in [5, 5.41) is 0. The molecule has 52 heavy (non-hydrogen) atoms. The van der Waals surface area contributed by atoms with Gasteiger partial charge < -0.3 is 38.2 Å². The number of amides is 1. The van der Waals surface area contributed by atoms with Crippen molar-refractivity contribution in [1.29, 1.82) is 0 Å². The van der Waals surface area contributed by atoms with Crippen LogP contribution in [0, 0.1) is 17.0 Å². The summed E-state index contributed by atoms with van der Waals surface area (Å²) in [7, 11) is 4.71. The van der Waals surface area contributed by atoms with Crippen LogP contribution in [0.4, 0.5) is 14.7 Å². The highest BCUT2D eigenvalue weighted by molar-refractivity contribution is 5.85. The fourth-order valence-electron chi connectivity index (χ4n) is 7.75. The first-order valence-electron chi connectivity index (χ1n) is 18.3. The maximum absolute atomic E-state index is 14.5. The Morgan fingerprint density at radius 3 is 2.35 bits per heavy atom. The molecule has 0 radical (unpaired) electrons. The summed E-state index contributed by atoms with van der Waals surface area (Å²) in [6.45, 7) is 9.26. The molecule has 2 fully saturated rings. The maximum atomic E-state index is 14.5. The van der Waals surface area contributed by atoms with E-state index in [1.54, 1.807) is 27.4 Å². The Morgan fingerprint density at radius 1 is 0.827 bits per heavy atom. The number of carbonyl (C=O) groups excluding carboxylic acids is 1. The molecular weight excluding hydrogens is 668 g/mol. The number of nitrogens with zero attached hydrogens (tertiary/aromatic N) is 5. The van der Waals surface area contributed by atoms with Crippen molar-refractivity contribution in [2.75, 3.05) is 78.7 Å². The highest BCUT2D eigenvalue weighted by atomic mass is 19.2. The third-order valence-electron chi connectivity index (χ3n) is 10.7. The molecule has 12 heteroatoms. The molecule has 2 aliphatic rings. The fraction of sp³-hybridized carbons (Fsp3) is 0.500. The lowest BCUT2D eigenvalue weighted by Crippen LogP contribution is -2.39. The van der Waals surface area contributed by atoms with Crippen LogP contribution in [0.3, 0.4) is 0 Å². The minimum absolute atomic E-state index is 0.0864.